The number of amides is 2. The van der Waals surface area contributed by atoms with Gasteiger partial charge in [-0.15, -0.1) is 0 Å². The van der Waals surface area contributed by atoms with Crippen LogP contribution in [0, 0.1) is 5.41 Å². The van der Waals surface area contributed by atoms with Gasteiger partial charge < -0.3 is 20.6 Å². The van der Waals surface area contributed by atoms with Crippen molar-refractivity contribution < 1.29 is 14.7 Å². The number of nitrogens with one attached hydrogen (secondary N) is 2. The van der Waals surface area contributed by atoms with Crippen molar-refractivity contribution in [3.8, 4) is 0 Å². The molecule has 0 bridgehead atoms. The van der Waals surface area contributed by atoms with E-state index >= 15 is 0 Å². The summed E-state index contributed by atoms with van der Waals surface area (Å²) >= 11 is 0. The van der Waals surface area contributed by atoms with Gasteiger partial charge in [0.2, 0.25) is 0 Å². The summed E-state index contributed by atoms with van der Waals surface area (Å²) in [5.74, 6) is -1.02. The zero-order valence-electron chi connectivity index (χ0n) is 13.1. The summed E-state index contributed by atoms with van der Waals surface area (Å²) in [7, 11) is 4.02. The van der Waals surface area contributed by atoms with Crippen molar-refractivity contribution in [2.45, 2.75) is 51.6 Å². The zero-order valence-corrected chi connectivity index (χ0v) is 13.1. The number of rotatable bonds is 5. The fourth-order valence-corrected chi connectivity index (χ4v) is 2.44. The smallest absolute Gasteiger partial charge is 0.326 e. The van der Waals surface area contributed by atoms with Gasteiger partial charge in [-0.05, 0) is 38.8 Å². The van der Waals surface area contributed by atoms with Crippen LogP contribution in [0.4, 0.5) is 4.79 Å². The van der Waals surface area contributed by atoms with E-state index in [9.17, 15) is 14.7 Å². The fraction of sp³-hybridized carbons (Fsp3) is 0.857. The standard InChI is InChI=1S/C14H27N3O3/c1-13(2,3)10(11(18)19)16-12(20)15-9-14(17(4)5)7-6-8-14/h10H,6-9H2,1-5H3,(H,18,19)(H2,15,16,20)/t10-/m0/s1. The lowest BCUT2D eigenvalue weighted by Gasteiger charge is -2.47. The first-order valence-corrected chi connectivity index (χ1v) is 7.03. The van der Waals surface area contributed by atoms with Crippen molar-refractivity contribution in [2.24, 2.45) is 5.41 Å². The number of nitrogens with zero attached hydrogens (tertiary/aromatic N) is 1. The van der Waals surface area contributed by atoms with E-state index in [-0.39, 0.29) is 5.54 Å². The minimum absolute atomic E-state index is 0.0256. The van der Waals surface area contributed by atoms with Gasteiger partial charge in [-0.2, -0.15) is 0 Å². The molecular formula is C14H27N3O3. The number of carboxylic acids is 1. The highest BCUT2D eigenvalue weighted by atomic mass is 16.4. The molecule has 1 saturated carbocycles. The Morgan fingerprint density at radius 1 is 1.30 bits per heavy atom. The van der Waals surface area contributed by atoms with Gasteiger partial charge in [0.15, 0.2) is 0 Å². The van der Waals surface area contributed by atoms with Crippen molar-refractivity contribution in [3.63, 3.8) is 0 Å². The van der Waals surface area contributed by atoms with Crippen LogP contribution >= 0.6 is 0 Å². The monoisotopic (exact) mass is 285 g/mol. The molecule has 0 saturated heterocycles. The molecule has 0 aromatic heterocycles. The number of hydrogen-bond donors (Lipinski definition) is 3. The van der Waals surface area contributed by atoms with Crippen molar-refractivity contribution in [1.82, 2.24) is 15.5 Å². The van der Waals surface area contributed by atoms with Crippen molar-refractivity contribution in [1.29, 1.82) is 0 Å². The van der Waals surface area contributed by atoms with Crippen molar-refractivity contribution in [3.05, 3.63) is 0 Å². The molecule has 0 heterocycles. The second-order valence-electron chi connectivity index (χ2n) is 6.94. The first kappa shape index (κ1) is 16.8. The van der Waals surface area contributed by atoms with E-state index in [1.54, 1.807) is 20.8 Å². The molecule has 20 heavy (non-hydrogen) atoms. The Hall–Kier alpha value is -1.30. The van der Waals surface area contributed by atoms with Crippen LogP contribution in [0.25, 0.3) is 0 Å². The molecule has 0 aromatic rings. The minimum atomic E-state index is -1.02. The van der Waals surface area contributed by atoms with Gasteiger partial charge in [0.05, 0.1) is 0 Å². The van der Waals surface area contributed by atoms with Crippen LogP contribution in [0.15, 0.2) is 0 Å². The maximum atomic E-state index is 11.9. The van der Waals surface area contributed by atoms with E-state index in [0.717, 1.165) is 12.8 Å². The van der Waals surface area contributed by atoms with Gasteiger partial charge in [0.25, 0.3) is 0 Å². The van der Waals surface area contributed by atoms with Crippen molar-refractivity contribution >= 4 is 12.0 Å². The molecule has 0 aromatic carbocycles. The van der Waals surface area contributed by atoms with Crippen LogP contribution in [0.5, 0.6) is 0 Å². The molecule has 0 spiro atoms. The normalized spacial score (nSPS) is 19.1. The summed E-state index contributed by atoms with van der Waals surface area (Å²) in [5.41, 5.74) is -0.503. The Bertz CT molecular complexity index is 370. The van der Waals surface area contributed by atoms with E-state index in [2.05, 4.69) is 15.5 Å². The number of hydrogen-bond acceptors (Lipinski definition) is 3. The maximum Gasteiger partial charge on any atom is 0.326 e. The quantitative estimate of drug-likeness (QED) is 0.710. The molecule has 0 unspecified atom stereocenters. The zero-order chi connectivity index (χ0) is 15.6. The summed E-state index contributed by atoms with van der Waals surface area (Å²) in [6.07, 6.45) is 3.28. The molecule has 1 fully saturated rings. The van der Waals surface area contributed by atoms with Crippen LogP contribution in [-0.4, -0.2) is 54.2 Å². The third-order valence-electron chi connectivity index (χ3n) is 4.20. The second-order valence-corrected chi connectivity index (χ2v) is 6.94. The number of carboxylic acid groups (broad SMARTS) is 1. The summed E-state index contributed by atoms with van der Waals surface area (Å²) in [4.78, 5) is 25.3. The number of carbonyl (C=O) groups is 2. The highest BCUT2D eigenvalue weighted by molar-refractivity contribution is 5.83. The Morgan fingerprint density at radius 2 is 1.85 bits per heavy atom. The van der Waals surface area contributed by atoms with Gasteiger partial charge >= 0.3 is 12.0 Å². The first-order valence-electron chi connectivity index (χ1n) is 7.03. The molecule has 1 aliphatic carbocycles. The second kappa shape index (κ2) is 5.99. The third-order valence-corrected chi connectivity index (χ3v) is 4.20. The molecule has 0 aliphatic heterocycles. The molecule has 0 radical (unpaired) electrons. The lowest BCUT2D eigenvalue weighted by atomic mass is 9.75. The van der Waals surface area contributed by atoms with E-state index in [4.69, 9.17) is 0 Å². The Balaban J connectivity index is 2.53. The fourth-order valence-electron chi connectivity index (χ4n) is 2.44. The molecule has 1 rings (SSSR count). The summed E-state index contributed by atoms with van der Waals surface area (Å²) in [6, 6.07) is -1.32. The Kier molecular flexibility index (Phi) is 5.02. The summed E-state index contributed by atoms with van der Waals surface area (Å²) < 4.78 is 0. The van der Waals surface area contributed by atoms with Crippen LogP contribution in [0.3, 0.4) is 0 Å². The van der Waals surface area contributed by atoms with Gasteiger partial charge in [0, 0.05) is 12.1 Å². The molecule has 1 atom stereocenters. The Labute approximate surface area is 120 Å². The predicted octanol–water partition coefficient (Wildman–Crippen LogP) is 1.27. The third kappa shape index (κ3) is 3.85. The van der Waals surface area contributed by atoms with E-state index in [0.29, 0.717) is 6.54 Å². The molecule has 6 nitrogen and oxygen atoms in total. The van der Waals surface area contributed by atoms with E-state index in [1.165, 1.54) is 6.42 Å². The average molecular weight is 285 g/mol. The largest absolute Gasteiger partial charge is 0.480 e. The topological polar surface area (TPSA) is 81.7 Å². The number of aliphatic carboxylic acids is 1. The predicted molar refractivity (Wildman–Crippen MR) is 77.7 cm³/mol. The molecular weight excluding hydrogens is 258 g/mol. The number of carbonyl (C=O) groups excluding carboxylic acids is 1. The van der Waals surface area contributed by atoms with Crippen LogP contribution in [0.1, 0.15) is 40.0 Å². The molecule has 1 aliphatic rings. The summed E-state index contributed by atoms with van der Waals surface area (Å²) in [6.45, 7) is 5.92. The number of likely N-dealkylation sites (N-methyl/N-ethyl adjacent to an activating group) is 1. The highest BCUT2D eigenvalue weighted by Gasteiger charge is 2.39. The molecule has 3 N–H and O–H groups in total. The van der Waals surface area contributed by atoms with Crippen LogP contribution < -0.4 is 10.6 Å². The molecule has 116 valence electrons. The van der Waals surface area contributed by atoms with Gasteiger partial charge in [-0.1, -0.05) is 20.8 Å². The SMILES string of the molecule is CN(C)C1(CNC(=O)N[C@@H](C(=O)O)C(C)(C)C)CCC1. The van der Waals surface area contributed by atoms with Crippen LogP contribution in [0.2, 0.25) is 0 Å². The van der Waals surface area contributed by atoms with Gasteiger partial charge in [0.1, 0.15) is 6.04 Å². The van der Waals surface area contributed by atoms with Gasteiger partial charge in [-0.25, -0.2) is 9.59 Å². The highest BCUT2D eigenvalue weighted by Crippen LogP contribution is 2.35. The van der Waals surface area contributed by atoms with Crippen LogP contribution in [-0.2, 0) is 4.79 Å². The average Bonchev–Trinajstić information content (AvgIpc) is 2.21. The lowest BCUT2D eigenvalue weighted by molar-refractivity contribution is -0.141. The summed E-state index contributed by atoms with van der Waals surface area (Å²) in [5, 5.41) is 14.5. The Morgan fingerprint density at radius 3 is 2.15 bits per heavy atom. The maximum absolute atomic E-state index is 11.9. The lowest BCUT2D eigenvalue weighted by Crippen LogP contribution is -2.60. The van der Waals surface area contributed by atoms with E-state index in [1.807, 2.05) is 14.1 Å². The first-order chi connectivity index (χ1) is 9.08. The number of urea groups is 1. The van der Waals surface area contributed by atoms with Gasteiger partial charge in [-0.3, -0.25) is 0 Å². The minimum Gasteiger partial charge on any atom is -0.480 e. The van der Waals surface area contributed by atoms with Crippen molar-refractivity contribution in [2.75, 3.05) is 20.6 Å². The van der Waals surface area contributed by atoms with E-state index < -0.39 is 23.5 Å². The molecule has 6 heteroatoms. The molecule has 2 amide bonds.